The first kappa shape index (κ1) is 16.3. The number of aliphatic hydroxyl groups is 1. The van der Waals surface area contributed by atoms with Crippen molar-refractivity contribution in [1.82, 2.24) is 4.31 Å². The second-order valence-electron chi connectivity index (χ2n) is 5.41. The van der Waals surface area contributed by atoms with Gasteiger partial charge in [-0.05, 0) is 49.9 Å². The molecule has 0 aliphatic carbocycles. The van der Waals surface area contributed by atoms with E-state index in [2.05, 4.69) is 0 Å². The first-order valence-electron chi connectivity index (χ1n) is 7.30. The lowest BCUT2D eigenvalue weighted by molar-refractivity contribution is 0.268. The van der Waals surface area contributed by atoms with E-state index in [0.29, 0.717) is 24.3 Å². The van der Waals surface area contributed by atoms with Crippen molar-refractivity contribution in [2.75, 3.05) is 20.3 Å². The normalized spacial score (nSPS) is 20.4. The van der Waals surface area contributed by atoms with Crippen LogP contribution in [0.4, 0.5) is 0 Å². The molecule has 21 heavy (non-hydrogen) atoms. The molecule has 1 aliphatic heterocycles. The minimum Gasteiger partial charge on any atom is -0.497 e. The van der Waals surface area contributed by atoms with Crippen molar-refractivity contribution in [1.29, 1.82) is 0 Å². The average molecular weight is 313 g/mol. The zero-order chi connectivity index (χ0) is 15.5. The summed E-state index contributed by atoms with van der Waals surface area (Å²) in [6.07, 6.45) is 3.16. The Bertz CT molecular complexity index is 585. The Morgan fingerprint density at radius 1 is 1.38 bits per heavy atom. The molecular formula is C15H23NO4S. The molecule has 1 N–H and O–H groups in total. The molecule has 118 valence electrons. The molecule has 1 heterocycles. The van der Waals surface area contributed by atoms with Crippen LogP contribution >= 0.6 is 0 Å². The Kier molecular flexibility index (Phi) is 5.24. The largest absolute Gasteiger partial charge is 0.497 e. The van der Waals surface area contributed by atoms with Crippen LogP contribution in [0.1, 0.15) is 31.7 Å². The van der Waals surface area contributed by atoms with Crippen LogP contribution in [0, 0.1) is 0 Å². The van der Waals surface area contributed by atoms with Gasteiger partial charge >= 0.3 is 0 Å². The lowest BCUT2D eigenvalue weighted by Gasteiger charge is -2.32. The summed E-state index contributed by atoms with van der Waals surface area (Å²) < 4.78 is 32.5. The molecule has 1 saturated heterocycles. The van der Waals surface area contributed by atoms with Gasteiger partial charge in [0.1, 0.15) is 5.75 Å². The summed E-state index contributed by atoms with van der Waals surface area (Å²) >= 11 is 0. The van der Waals surface area contributed by atoms with Crippen molar-refractivity contribution in [3.05, 3.63) is 23.8 Å². The van der Waals surface area contributed by atoms with Gasteiger partial charge in [0, 0.05) is 19.2 Å². The van der Waals surface area contributed by atoms with Crippen LogP contribution in [0.15, 0.2) is 23.1 Å². The molecule has 6 heteroatoms. The molecule has 1 atom stereocenters. The van der Waals surface area contributed by atoms with E-state index in [-0.39, 0.29) is 17.5 Å². The predicted octanol–water partition coefficient (Wildman–Crippen LogP) is 1.79. The van der Waals surface area contributed by atoms with Crippen LogP contribution in [0.3, 0.4) is 0 Å². The van der Waals surface area contributed by atoms with E-state index >= 15 is 0 Å². The summed E-state index contributed by atoms with van der Waals surface area (Å²) in [5.74, 6) is 0.601. The number of nitrogens with zero attached hydrogens (tertiary/aromatic N) is 1. The topological polar surface area (TPSA) is 66.8 Å². The number of benzene rings is 1. The summed E-state index contributed by atoms with van der Waals surface area (Å²) in [5.41, 5.74) is 0.606. The fraction of sp³-hybridized carbons (Fsp3) is 0.600. The summed E-state index contributed by atoms with van der Waals surface area (Å²) in [4.78, 5) is 0.283. The highest BCUT2D eigenvalue weighted by Crippen LogP contribution is 2.29. The van der Waals surface area contributed by atoms with Crippen molar-refractivity contribution < 1.29 is 18.3 Å². The van der Waals surface area contributed by atoms with Crippen LogP contribution in [-0.4, -0.2) is 44.1 Å². The number of rotatable bonds is 5. The van der Waals surface area contributed by atoms with Crippen molar-refractivity contribution in [3.63, 3.8) is 0 Å². The van der Waals surface area contributed by atoms with Gasteiger partial charge in [-0.3, -0.25) is 0 Å². The number of piperidine rings is 1. The van der Waals surface area contributed by atoms with Crippen molar-refractivity contribution >= 4 is 10.0 Å². The minimum atomic E-state index is -3.52. The Balaban J connectivity index is 2.43. The predicted molar refractivity (Wildman–Crippen MR) is 81.0 cm³/mol. The first-order valence-corrected chi connectivity index (χ1v) is 8.74. The summed E-state index contributed by atoms with van der Waals surface area (Å²) in [6, 6.07) is 4.95. The molecule has 1 fully saturated rings. The second-order valence-corrected chi connectivity index (χ2v) is 7.27. The molecule has 1 unspecified atom stereocenters. The van der Waals surface area contributed by atoms with Gasteiger partial charge in [0.2, 0.25) is 10.0 Å². The van der Waals surface area contributed by atoms with Gasteiger partial charge in [-0.25, -0.2) is 8.42 Å². The molecule has 1 aromatic rings. The zero-order valence-corrected chi connectivity index (χ0v) is 13.4. The molecule has 5 nitrogen and oxygen atoms in total. The van der Waals surface area contributed by atoms with Gasteiger partial charge in [0.25, 0.3) is 0 Å². The number of methoxy groups -OCH3 is 1. The molecule has 2 rings (SSSR count). The monoisotopic (exact) mass is 313 g/mol. The van der Waals surface area contributed by atoms with Crippen molar-refractivity contribution in [2.24, 2.45) is 0 Å². The maximum absolute atomic E-state index is 12.9. The SMILES string of the molecule is COc1ccc(S(=O)(=O)N2CCCCC2C)c(CCO)c1. The van der Waals surface area contributed by atoms with E-state index in [1.165, 1.54) is 0 Å². The summed E-state index contributed by atoms with van der Waals surface area (Å²) in [6.45, 7) is 2.42. The average Bonchev–Trinajstić information content (AvgIpc) is 2.47. The Hall–Kier alpha value is -1.11. The number of aliphatic hydroxyl groups excluding tert-OH is 1. The quantitative estimate of drug-likeness (QED) is 0.900. The van der Waals surface area contributed by atoms with E-state index in [4.69, 9.17) is 4.74 Å². The molecule has 0 saturated carbocycles. The van der Waals surface area contributed by atoms with E-state index in [9.17, 15) is 13.5 Å². The van der Waals surface area contributed by atoms with Gasteiger partial charge in [-0.2, -0.15) is 4.31 Å². The molecule has 1 aliphatic rings. The van der Waals surface area contributed by atoms with Crippen LogP contribution in [0.2, 0.25) is 0 Å². The zero-order valence-electron chi connectivity index (χ0n) is 12.6. The molecule has 0 amide bonds. The smallest absolute Gasteiger partial charge is 0.243 e. The van der Waals surface area contributed by atoms with E-state index in [0.717, 1.165) is 19.3 Å². The van der Waals surface area contributed by atoms with Crippen molar-refractivity contribution in [2.45, 2.75) is 43.5 Å². The second kappa shape index (κ2) is 6.77. The van der Waals surface area contributed by atoms with E-state index in [1.807, 2.05) is 6.92 Å². The number of hydrogen-bond donors (Lipinski definition) is 1. The minimum absolute atomic E-state index is 0.0211. The van der Waals surface area contributed by atoms with E-state index < -0.39 is 10.0 Å². The van der Waals surface area contributed by atoms with Gasteiger partial charge in [-0.15, -0.1) is 0 Å². The lowest BCUT2D eigenvalue weighted by Crippen LogP contribution is -2.42. The summed E-state index contributed by atoms with van der Waals surface area (Å²) in [7, 11) is -1.98. The Morgan fingerprint density at radius 3 is 2.76 bits per heavy atom. The Labute approximate surface area is 126 Å². The fourth-order valence-electron chi connectivity index (χ4n) is 2.81. The fourth-order valence-corrected chi connectivity index (χ4v) is 4.74. The van der Waals surface area contributed by atoms with Gasteiger partial charge in [0.15, 0.2) is 0 Å². The highest BCUT2D eigenvalue weighted by molar-refractivity contribution is 7.89. The van der Waals surface area contributed by atoms with Crippen molar-refractivity contribution in [3.8, 4) is 5.75 Å². The standard InChI is InChI=1S/C15H23NO4S/c1-12-5-3-4-9-16(12)21(18,19)15-7-6-14(20-2)11-13(15)8-10-17/h6-7,11-12,17H,3-5,8-10H2,1-2H3. The highest BCUT2D eigenvalue weighted by atomic mass is 32.2. The first-order chi connectivity index (χ1) is 10.0. The maximum atomic E-state index is 12.9. The molecule has 0 bridgehead atoms. The molecule has 0 spiro atoms. The third kappa shape index (κ3) is 3.39. The molecule has 0 aromatic heterocycles. The van der Waals surface area contributed by atoms with Gasteiger partial charge < -0.3 is 9.84 Å². The van der Waals surface area contributed by atoms with Crippen LogP contribution in [-0.2, 0) is 16.4 Å². The van der Waals surface area contributed by atoms with E-state index in [1.54, 1.807) is 29.6 Å². The third-order valence-corrected chi connectivity index (χ3v) is 6.09. The van der Waals surface area contributed by atoms with Crippen LogP contribution < -0.4 is 4.74 Å². The maximum Gasteiger partial charge on any atom is 0.243 e. The number of sulfonamides is 1. The van der Waals surface area contributed by atoms with Crippen LogP contribution in [0.25, 0.3) is 0 Å². The molecule has 1 aromatic carbocycles. The molecular weight excluding hydrogens is 290 g/mol. The van der Waals surface area contributed by atoms with Crippen LogP contribution in [0.5, 0.6) is 5.75 Å². The van der Waals surface area contributed by atoms with Gasteiger partial charge in [0.05, 0.1) is 12.0 Å². The summed E-state index contributed by atoms with van der Waals surface area (Å²) in [5, 5.41) is 9.19. The number of hydrogen-bond acceptors (Lipinski definition) is 4. The molecule has 0 radical (unpaired) electrons. The Morgan fingerprint density at radius 2 is 2.14 bits per heavy atom. The number of ether oxygens (including phenoxy) is 1. The lowest BCUT2D eigenvalue weighted by atomic mass is 10.1. The third-order valence-electron chi connectivity index (χ3n) is 3.98. The highest BCUT2D eigenvalue weighted by Gasteiger charge is 2.32. The van der Waals surface area contributed by atoms with Gasteiger partial charge in [-0.1, -0.05) is 6.42 Å².